The topological polar surface area (TPSA) is 118 Å². The minimum absolute atomic E-state index is 0.158. The molecule has 4 rings (SSSR count). The van der Waals surface area contributed by atoms with Crippen LogP contribution in [-0.4, -0.2) is 35.9 Å². The van der Waals surface area contributed by atoms with Crippen molar-refractivity contribution in [2.45, 2.75) is 47.7 Å². The Morgan fingerprint density at radius 3 is 2.71 bits per heavy atom. The van der Waals surface area contributed by atoms with Crippen LogP contribution in [0.4, 0.5) is 0 Å². The Morgan fingerprint density at radius 2 is 2.10 bits per heavy atom. The lowest BCUT2D eigenvalue weighted by Gasteiger charge is -2.24. The third kappa shape index (κ3) is 5.64. The standard InChI is InChI=1S/C19H20O4S2.C2H2N2O2/c1-18(2)22-11-19(3,23-18)12-8-17(24-10-12)25-13-4-5-14-15(20)6-7-21-16(14)9-13;3-1-2(5)4-6/h4-5,8-10H,6-7,11H2,1-3H3;6H,(H,4,5). The number of rotatable bonds is 3. The molecule has 164 valence electrons. The third-order valence-electron chi connectivity index (χ3n) is 4.61. The number of fused-ring (bicyclic) bond motifs is 1. The number of hydrogen-bond donors (Lipinski definition) is 2. The first-order valence-electron chi connectivity index (χ1n) is 9.41. The first kappa shape index (κ1) is 23.2. The molecule has 2 aliphatic rings. The molecular formula is C21H22N2O6S2. The molecule has 0 radical (unpaired) electrons. The summed E-state index contributed by atoms with van der Waals surface area (Å²) in [5.74, 6) is -0.744. The maximum atomic E-state index is 11.9. The molecule has 2 aliphatic heterocycles. The molecule has 31 heavy (non-hydrogen) atoms. The van der Waals surface area contributed by atoms with Crippen molar-refractivity contribution in [1.82, 2.24) is 5.48 Å². The van der Waals surface area contributed by atoms with Crippen LogP contribution in [0.25, 0.3) is 0 Å². The predicted octanol–water partition coefficient (Wildman–Crippen LogP) is 3.88. The van der Waals surface area contributed by atoms with E-state index in [-0.39, 0.29) is 5.78 Å². The van der Waals surface area contributed by atoms with Crippen molar-refractivity contribution in [1.29, 1.82) is 5.26 Å². The summed E-state index contributed by atoms with van der Waals surface area (Å²) < 4.78 is 18.6. The molecule has 3 heterocycles. The summed E-state index contributed by atoms with van der Waals surface area (Å²) >= 11 is 3.36. The van der Waals surface area contributed by atoms with Crippen LogP contribution in [-0.2, 0) is 19.9 Å². The molecule has 1 fully saturated rings. The minimum atomic E-state index is -1.05. The smallest absolute Gasteiger partial charge is 0.345 e. The number of Topliss-reactive ketones (excluding diaryl/α,β-unsaturated/α-hetero) is 1. The maximum Gasteiger partial charge on any atom is 0.345 e. The van der Waals surface area contributed by atoms with E-state index in [1.807, 2.05) is 32.0 Å². The summed E-state index contributed by atoms with van der Waals surface area (Å²) in [4.78, 5) is 22.4. The normalized spacial score (nSPS) is 21.2. The van der Waals surface area contributed by atoms with Gasteiger partial charge in [0.15, 0.2) is 17.6 Å². The van der Waals surface area contributed by atoms with Crippen LogP contribution < -0.4 is 10.2 Å². The second-order valence-electron chi connectivity index (χ2n) is 7.51. The summed E-state index contributed by atoms with van der Waals surface area (Å²) in [6, 6.07) is 9.08. The first-order valence-corrected chi connectivity index (χ1v) is 11.1. The predicted molar refractivity (Wildman–Crippen MR) is 113 cm³/mol. The molecular weight excluding hydrogens is 440 g/mol. The summed E-state index contributed by atoms with van der Waals surface area (Å²) in [5, 5.41) is 17.2. The number of nitrogens with zero attached hydrogens (tertiary/aromatic N) is 1. The number of nitrogens with one attached hydrogen (secondary N) is 1. The molecule has 10 heteroatoms. The number of thiophene rings is 1. The van der Waals surface area contributed by atoms with Gasteiger partial charge in [-0.05, 0) is 56.0 Å². The van der Waals surface area contributed by atoms with E-state index in [1.54, 1.807) is 23.1 Å². The van der Waals surface area contributed by atoms with Gasteiger partial charge in [-0.2, -0.15) is 5.26 Å². The second kappa shape index (κ2) is 9.38. The highest BCUT2D eigenvalue weighted by Gasteiger charge is 2.43. The van der Waals surface area contributed by atoms with Gasteiger partial charge in [-0.1, -0.05) is 11.8 Å². The van der Waals surface area contributed by atoms with Crippen LogP contribution >= 0.6 is 23.1 Å². The molecule has 1 aromatic heterocycles. The fourth-order valence-corrected chi connectivity index (χ4v) is 5.25. The van der Waals surface area contributed by atoms with Gasteiger partial charge in [-0.25, -0.2) is 5.48 Å². The quantitative estimate of drug-likeness (QED) is 0.401. The van der Waals surface area contributed by atoms with Gasteiger partial charge in [-0.15, -0.1) is 11.3 Å². The van der Waals surface area contributed by atoms with Gasteiger partial charge in [0.2, 0.25) is 0 Å². The first-order chi connectivity index (χ1) is 14.7. The van der Waals surface area contributed by atoms with Gasteiger partial charge >= 0.3 is 5.91 Å². The summed E-state index contributed by atoms with van der Waals surface area (Å²) in [5.41, 5.74) is 2.52. The van der Waals surface area contributed by atoms with Crippen LogP contribution in [0.2, 0.25) is 0 Å². The number of amides is 1. The van der Waals surface area contributed by atoms with Crippen LogP contribution in [0.5, 0.6) is 5.75 Å². The number of ether oxygens (including phenoxy) is 3. The molecule has 1 atom stereocenters. The average Bonchev–Trinajstić information content (AvgIpc) is 3.32. The lowest BCUT2D eigenvalue weighted by atomic mass is 10.0. The summed E-state index contributed by atoms with van der Waals surface area (Å²) in [6.45, 7) is 6.96. The Kier molecular flexibility index (Phi) is 7.03. The van der Waals surface area contributed by atoms with E-state index in [0.29, 0.717) is 30.9 Å². The number of hydroxylamine groups is 1. The Morgan fingerprint density at radius 1 is 1.32 bits per heavy atom. The molecule has 1 aromatic carbocycles. The Bertz CT molecular complexity index is 1030. The maximum absolute atomic E-state index is 11.9. The SMILES string of the molecule is CC1(C)OCC(C)(c2csc(Sc3ccc4c(c3)OCCC4=O)c2)O1.N#CC(=O)NO. The minimum Gasteiger partial charge on any atom is -0.492 e. The van der Waals surface area contributed by atoms with E-state index in [9.17, 15) is 9.59 Å². The molecule has 8 nitrogen and oxygen atoms in total. The molecule has 2 N–H and O–H groups in total. The van der Waals surface area contributed by atoms with E-state index in [0.717, 1.165) is 22.0 Å². The number of carbonyl (C=O) groups excluding carboxylic acids is 2. The van der Waals surface area contributed by atoms with Crippen LogP contribution in [0.3, 0.4) is 0 Å². The van der Waals surface area contributed by atoms with E-state index in [2.05, 4.69) is 18.4 Å². The van der Waals surface area contributed by atoms with Crippen LogP contribution in [0.1, 0.15) is 43.1 Å². The number of hydrogen-bond acceptors (Lipinski definition) is 9. The van der Waals surface area contributed by atoms with Gasteiger partial charge < -0.3 is 14.2 Å². The van der Waals surface area contributed by atoms with E-state index >= 15 is 0 Å². The van der Waals surface area contributed by atoms with Crippen molar-refractivity contribution in [3.8, 4) is 11.8 Å². The highest BCUT2D eigenvalue weighted by Crippen LogP contribution is 2.43. The van der Waals surface area contributed by atoms with Gasteiger partial charge in [-0.3, -0.25) is 14.8 Å². The molecule has 1 saturated heterocycles. The number of ketones is 1. The van der Waals surface area contributed by atoms with E-state index in [4.69, 9.17) is 24.7 Å². The van der Waals surface area contributed by atoms with Crippen molar-refractivity contribution in [3.05, 3.63) is 40.8 Å². The molecule has 1 unspecified atom stereocenters. The highest BCUT2D eigenvalue weighted by atomic mass is 32.2. The van der Waals surface area contributed by atoms with Gasteiger partial charge in [0.05, 0.1) is 23.0 Å². The molecule has 0 saturated carbocycles. The summed E-state index contributed by atoms with van der Waals surface area (Å²) in [6.07, 6.45) is 0.463. The Balaban J connectivity index is 0.000000401. The Labute approximate surface area is 188 Å². The average molecular weight is 463 g/mol. The molecule has 0 spiro atoms. The number of benzene rings is 1. The second-order valence-corrected chi connectivity index (χ2v) is 9.80. The molecule has 2 aromatic rings. The van der Waals surface area contributed by atoms with E-state index in [1.165, 1.54) is 4.21 Å². The largest absolute Gasteiger partial charge is 0.492 e. The van der Waals surface area contributed by atoms with Crippen molar-refractivity contribution in [3.63, 3.8) is 0 Å². The number of nitriles is 1. The zero-order valence-electron chi connectivity index (χ0n) is 17.3. The zero-order chi connectivity index (χ0) is 22.6. The monoisotopic (exact) mass is 462 g/mol. The van der Waals surface area contributed by atoms with Crippen molar-refractivity contribution < 1.29 is 29.0 Å². The highest BCUT2D eigenvalue weighted by molar-refractivity contribution is 8.01. The fraction of sp³-hybridized carbons (Fsp3) is 0.381. The van der Waals surface area contributed by atoms with Crippen LogP contribution in [0, 0.1) is 11.3 Å². The van der Waals surface area contributed by atoms with Crippen molar-refractivity contribution >= 4 is 34.8 Å². The van der Waals surface area contributed by atoms with Gasteiger partial charge in [0.25, 0.3) is 0 Å². The Hall–Kier alpha value is -2.42. The number of carbonyl (C=O) groups is 2. The van der Waals surface area contributed by atoms with Crippen LogP contribution in [0.15, 0.2) is 38.8 Å². The van der Waals surface area contributed by atoms with Crippen molar-refractivity contribution in [2.24, 2.45) is 0 Å². The van der Waals surface area contributed by atoms with Crippen molar-refractivity contribution in [2.75, 3.05) is 13.2 Å². The lowest BCUT2D eigenvalue weighted by molar-refractivity contribution is -0.159. The third-order valence-corrected chi connectivity index (χ3v) is 6.68. The summed E-state index contributed by atoms with van der Waals surface area (Å²) in [7, 11) is 0. The van der Waals surface area contributed by atoms with Gasteiger partial charge in [0, 0.05) is 11.3 Å². The fourth-order valence-electron chi connectivity index (χ4n) is 3.15. The molecule has 0 aliphatic carbocycles. The molecule has 0 bridgehead atoms. The van der Waals surface area contributed by atoms with Gasteiger partial charge in [0.1, 0.15) is 11.4 Å². The molecule has 1 amide bonds. The lowest BCUT2D eigenvalue weighted by Crippen LogP contribution is -2.27. The zero-order valence-corrected chi connectivity index (χ0v) is 18.9. The van der Waals surface area contributed by atoms with E-state index < -0.39 is 17.3 Å².